The summed E-state index contributed by atoms with van der Waals surface area (Å²) in [4.78, 5) is 0. The largest absolute Gasteiger partial charge is 0.358 e. The second-order valence-corrected chi connectivity index (χ2v) is 0. The van der Waals surface area contributed by atoms with Gasteiger partial charge in [0.1, 0.15) is 0 Å². The first-order chi connectivity index (χ1) is 1.00. The van der Waals surface area contributed by atoms with E-state index in [4.69, 9.17) is 0 Å². The van der Waals surface area contributed by atoms with Crippen LogP contribution in [0.1, 0.15) is 0 Å². The van der Waals surface area contributed by atoms with Crippen molar-refractivity contribution in [2.45, 2.75) is 0 Å². The van der Waals surface area contributed by atoms with E-state index in [1.54, 1.807) is 0 Å². The molecule has 0 nitrogen and oxygen atoms in total. The van der Waals surface area contributed by atoms with Gasteiger partial charge in [0.05, 0.1) is 0 Å². The van der Waals surface area contributed by atoms with E-state index in [1.807, 2.05) is 0 Å². The van der Waals surface area contributed by atoms with Gasteiger partial charge < -0.3 is 14.9 Å². The Morgan fingerprint density at radius 3 is 1.00 bits per heavy atom. The fourth-order valence-corrected chi connectivity index (χ4v) is 0. The number of halogens is 1. The molecule has 0 saturated carbocycles. The minimum atomic E-state index is 0. The number of hydrogen-bond acceptors (Lipinski definition) is 0. The van der Waals surface area contributed by atoms with Gasteiger partial charge in [-0.1, -0.05) is 0 Å². The minimum absolute atomic E-state index is 0. The van der Waals surface area contributed by atoms with Crippen LogP contribution in [0.15, 0.2) is 0 Å². The standard InChI is InChI=1S/2CH3.Au.BrH/h2*1H3;;1H/q2*-1;+1;/p-1. The van der Waals surface area contributed by atoms with E-state index in [0.717, 1.165) is 0 Å². The van der Waals surface area contributed by atoms with Crippen molar-refractivity contribution in [2.24, 2.45) is 0 Å². The number of rotatable bonds is 0. The van der Waals surface area contributed by atoms with Crippen LogP contribution in [-0.4, -0.2) is 0 Å². The second kappa shape index (κ2) is 29.4. The summed E-state index contributed by atoms with van der Waals surface area (Å²) in [5.74, 6) is 0. The Bertz CT molecular complexity index is 6.00. The fraction of sp³-hybridized carbons (Fsp3) is 0. The Morgan fingerprint density at radius 1 is 1.00 bits per heavy atom. The van der Waals surface area contributed by atoms with Crippen molar-refractivity contribution in [3.63, 3.8) is 0 Å². The van der Waals surface area contributed by atoms with Crippen LogP contribution in [0, 0.1) is 14.9 Å². The molecule has 0 aromatic heterocycles. The van der Waals surface area contributed by atoms with Gasteiger partial charge >= 0.3 is 32.0 Å². The molecule has 0 radical (unpaired) electrons. The van der Waals surface area contributed by atoms with Gasteiger partial charge in [-0.2, -0.15) is 0 Å². The first-order valence-corrected chi connectivity index (χ1v) is 4.85. The van der Waals surface area contributed by atoms with Gasteiger partial charge in [0.2, 0.25) is 0 Å². The summed E-state index contributed by atoms with van der Waals surface area (Å²) < 4.78 is 0. The molecule has 0 aromatic carbocycles. The van der Waals surface area contributed by atoms with Crippen LogP contribution in [0.25, 0.3) is 0 Å². The van der Waals surface area contributed by atoms with Crippen LogP contribution in [0.5, 0.6) is 0 Å². The fourth-order valence-electron chi connectivity index (χ4n) is 0. The van der Waals surface area contributed by atoms with Crippen LogP contribution in [-0.2, 0) is 18.9 Å². The Hall–Kier alpha value is 1.22. The van der Waals surface area contributed by atoms with Crippen molar-refractivity contribution < 1.29 is 18.9 Å². The molecule has 0 fully saturated rings. The molecule has 2 heteroatoms. The van der Waals surface area contributed by atoms with Gasteiger partial charge in [-0.15, -0.1) is 0 Å². The maximum Gasteiger partial charge on any atom is -0.358 e. The molecular formula is C2H6AuBr-2. The topological polar surface area (TPSA) is 0 Å². The van der Waals surface area contributed by atoms with E-state index >= 15 is 0 Å². The van der Waals surface area contributed by atoms with E-state index < -0.39 is 0 Å². The van der Waals surface area contributed by atoms with E-state index in [2.05, 4.69) is 32.0 Å². The molecule has 0 aliphatic carbocycles. The average molecular weight is 307 g/mol. The summed E-state index contributed by atoms with van der Waals surface area (Å²) in [6, 6.07) is 0. The smallest absolute Gasteiger partial charge is 0.358 e. The van der Waals surface area contributed by atoms with Crippen molar-refractivity contribution in [2.75, 3.05) is 0 Å². The third-order valence-corrected chi connectivity index (χ3v) is 0. The molecule has 0 rings (SSSR count). The number of hydrogen-bond donors (Lipinski definition) is 0. The summed E-state index contributed by atoms with van der Waals surface area (Å²) >= 11 is 4.97. The summed E-state index contributed by atoms with van der Waals surface area (Å²) in [5.41, 5.74) is 0. The molecule has 0 aliphatic heterocycles. The normalized spacial score (nSPS) is 1.75. The molecule has 0 saturated heterocycles. The molecule has 0 aromatic rings. The van der Waals surface area contributed by atoms with Crippen molar-refractivity contribution in [1.29, 1.82) is 0 Å². The first-order valence-electron chi connectivity index (χ1n) is 0.114. The zero-order valence-electron chi connectivity index (χ0n) is 2.68. The van der Waals surface area contributed by atoms with Gasteiger partial charge in [-0.05, 0) is 0 Å². The van der Waals surface area contributed by atoms with Crippen LogP contribution in [0.4, 0.5) is 0 Å². The molecule has 0 unspecified atom stereocenters. The monoisotopic (exact) mass is 306 g/mol. The quantitative estimate of drug-likeness (QED) is 0.472. The molecule has 34 valence electrons. The predicted octanol–water partition coefficient (Wildman–Crippen LogP) is 1.74. The third-order valence-electron chi connectivity index (χ3n) is 0. The van der Waals surface area contributed by atoms with E-state index in [1.165, 1.54) is 0 Å². The molecule has 0 bridgehead atoms. The SMILES string of the molecule is [Br][Au].[CH3-].[CH3-]. The van der Waals surface area contributed by atoms with Crippen LogP contribution in [0.3, 0.4) is 0 Å². The van der Waals surface area contributed by atoms with Crippen molar-refractivity contribution in [3.8, 4) is 0 Å². The van der Waals surface area contributed by atoms with Crippen molar-refractivity contribution in [1.82, 2.24) is 0 Å². The maximum absolute atomic E-state index is 2.88. The Kier molecular flexibility index (Phi) is 139. The molecule has 0 N–H and O–H groups in total. The summed E-state index contributed by atoms with van der Waals surface area (Å²) in [5, 5.41) is 0. The third kappa shape index (κ3) is 10.7. The molecule has 0 spiro atoms. The van der Waals surface area contributed by atoms with Gasteiger partial charge in [0, 0.05) is 0 Å². The first kappa shape index (κ1) is 18.9. The predicted molar refractivity (Wildman–Crippen MR) is 21.8 cm³/mol. The van der Waals surface area contributed by atoms with E-state index in [9.17, 15) is 0 Å². The van der Waals surface area contributed by atoms with Gasteiger partial charge in [0.15, 0.2) is 0 Å². The second-order valence-electron chi connectivity index (χ2n) is 0. The maximum atomic E-state index is 2.88. The molecule has 0 amide bonds. The average Bonchev–Trinajstić information content (AvgIpc) is 1.00. The van der Waals surface area contributed by atoms with E-state index in [-0.39, 0.29) is 14.9 Å². The summed E-state index contributed by atoms with van der Waals surface area (Å²) in [6.07, 6.45) is 0. The minimum Gasteiger partial charge on any atom is -0.358 e. The van der Waals surface area contributed by atoms with Crippen molar-refractivity contribution >= 4 is 13.0 Å². The van der Waals surface area contributed by atoms with Gasteiger partial charge in [-0.3, -0.25) is 0 Å². The Balaban J connectivity index is -0.00000000500. The molecular weight excluding hydrogens is 301 g/mol. The van der Waals surface area contributed by atoms with Gasteiger partial charge in [-0.25, -0.2) is 0 Å². The molecule has 4 heavy (non-hydrogen) atoms. The van der Waals surface area contributed by atoms with Crippen molar-refractivity contribution in [3.05, 3.63) is 14.9 Å². The molecule has 0 atom stereocenters. The zero-order chi connectivity index (χ0) is 2.00. The summed E-state index contributed by atoms with van der Waals surface area (Å²) in [7, 11) is 0. The zero-order valence-corrected chi connectivity index (χ0v) is 6.43. The van der Waals surface area contributed by atoms with E-state index in [0.29, 0.717) is 0 Å². The van der Waals surface area contributed by atoms with Crippen LogP contribution in [0.2, 0.25) is 0 Å². The Labute approximate surface area is 46.9 Å². The van der Waals surface area contributed by atoms with Crippen LogP contribution >= 0.6 is 13.0 Å². The van der Waals surface area contributed by atoms with Gasteiger partial charge in [0.25, 0.3) is 0 Å². The Morgan fingerprint density at radius 2 is 1.00 bits per heavy atom. The van der Waals surface area contributed by atoms with Crippen LogP contribution < -0.4 is 0 Å². The molecule has 0 heterocycles. The summed E-state index contributed by atoms with van der Waals surface area (Å²) in [6.45, 7) is 0. The molecule has 0 aliphatic rings.